The normalized spacial score (nSPS) is 23.3. The van der Waals surface area contributed by atoms with Crippen LogP contribution < -0.4 is 0 Å². The maximum atomic E-state index is 13.1. The van der Waals surface area contributed by atoms with Gasteiger partial charge >= 0.3 is 0 Å². The van der Waals surface area contributed by atoms with Gasteiger partial charge in [-0.3, -0.25) is 4.90 Å². The summed E-state index contributed by atoms with van der Waals surface area (Å²) in [7, 11) is -3.45. The summed E-state index contributed by atoms with van der Waals surface area (Å²) in [5.41, 5.74) is 3.77. The largest absolute Gasteiger partial charge is 0.293 e. The van der Waals surface area contributed by atoms with E-state index >= 15 is 0 Å². The van der Waals surface area contributed by atoms with E-state index in [4.69, 9.17) is 0 Å². The van der Waals surface area contributed by atoms with Crippen LogP contribution in [0.15, 0.2) is 53.4 Å². The van der Waals surface area contributed by atoms with Crippen LogP contribution in [0.4, 0.5) is 0 Å². The molecule has 1 fully saturated rings. The number of aryl methyl sites for hydroxylation is 1. The SMILES string of the molecule is Cc1ccc(S(=O)(=O)N2CCN3CC(C)(C)c4ccccc4C3C2)cc1. The second kappa shape index (κ2) is 6.19. The molecule has 2 aromatic carbocycles. The molecule has 138 valence electrons. The molecule has 0 N–H and O–H groups in total. The molecular formula is C21H26N2O2S. The van der Waals surface area contributed by atoms with Crippen LogP contribution in [0.2, 0.25) is 0 Å². The van der Waals surface area contributed by atoms with Crippen molar-refractivity contribution in [2.45, 2.75) is 37.1 Å². The minimum absolute atomic E-state index is 0.0884. The molecule has 1 saturated heterocycles. The molecule has 0 amide bonds. The van der Waals surface area contributed by atoms with E-state index < -0.39 is 10.0 Å². The number of nitrogens with zero attached hydrogens (tertiary/aromatic N) is 2. The van der Waals surface area contributed by atoms with Crippen molar-refractivity contribution in [1.82, 2.24) is 9.21 Å². The Kier molecular flexibility index (Phi) is 4.21. The summed E-state index contributed by atoms with van der Waals surface area (Å²) in [6.07, 6.45) is 0. The summed E-state index contributed by atoms with van der Waals surface area (Å²) in [6.45, 7) is 9.32. The summed E-state index contributed by atoms with van der Waals surface area (Å²) >= 11 is 0. The smallest absolute Gasteiger partial charge is 0.243 e. The lowest BCUT2D eigenvalue weighted by molar-refractivity contribution is 0.0807. The zero-order valence-corrected chi connectivity index (χ0v) is 16.5. The Morgan fingerprint density at radius 3 is 2.42 bits per heavy atom. The summed E-state index contributed by atoms with van der Waals surface area (Å²) in [4.78, 5) is 2.84. The van der Waals surface area contributed by atoms with Crippen LogP contribution in [0.3, 0.4) is 0 Å². The Morgan fingerprint density at radius 2 is 1.69 bits per heavy atom. The Balaban J connectivity index is 1.68. The summed E-state index contributed by atoms with van der Waals surface area (Å²) < 4.78 is 27.9. The fraction of sp³-hybridized carbons (Fsp3) is 0.429. The van der Waals surface area contributed by atoms with E-state index in [9.17, 15) is 8.42 Å². The molecule has 4 nitrogen and oxygen atoms in total. The summed E-state index contributed by atoms with van der Waals surface area (Å²) in [5.74, 6) is 0. The zero-order chi connectivity index (χ0) is 18.5. The molecule has 1 atom stereocenters. The molecular weight excluding hydrogens is 344 g/mol. The zero-order valence-electron chi connectivity index (χ0n) is 15.6. The maximum Gasteiger partial charge on any atom is 0.243 e. The van der Waals surface area contributed by atoms with Gasteiger partial charge in [0.25, 0.3) is 0 Å². The van der Waals surface area contributed by atoms with Crippen molar-refractivity contribution in [2.75, 3.05) is 26.2 Å². The number of sulfonamides is 1. The highest BCUT2D eigenvalue weighted by atomic mass is 32.2. The lowest BCUT2D eigenvalue weighted by Gasteiger charge is -2.49. The van der Waals surface area contributed by atoms with E-state index in [0.717, 1.165) is 18.7 Å². The van der Waals surface area contributed by atoms with E-state index in [2.05, 4.69) is 43.0 Å². The third-order valence-corrected chi connectivity index (χ3v) is 7.64. The first-order valence-corrected chi connectivity index (χ1v) is 10.6. The molecule has 0 bridgehead atoms. The molecule has 2 aliphatic heterocycles. The van der Waals surface area contributed by atoms with E-state index in [-0.39, 0.29) is 11.5 Å². The number of hydrogen-bond acceptors (Lipinski definition) is 3. The third kappa shape index (κ3) is 2.88. The number of rotatable bonds is 2. The monoisotopic (exact) mass is 370 g/mol. The van der Waals surface area contributed by atoms with E-state index in [0.29, 0.717) is 18.0 Å². The third-order valence-electron chi connectivity index (χ3n) is 5.76. The second-order valence-corrected chi connectivity index (χ2v) is 10.1. The molecule has 1 unspecified atom stereocenters. The minimum Gasteiger partial charge on any atom is -0.293 e. The van der Waals surface area contributed by atoms with Crippen LogP contribution in [-0.4, -0.2) is 43.8 Å². The summed E-state index contributed by atoms with van der Waals surface area (Å²) in [6, 6.07) is 15.8. The minimum atomic E-state index is -3.45. The van der Waals surface area contributed by atoms with E-state index in [1.54, 1.807) is 16.4 Å². The van der Waals surface area contributed by atoms with Crippen LogP contribution >= 0.6 is 0 Å². The number of benzene rings is 2. The highest BCUT2D eigenvalue weighted by molar-refractivity contribution is 7.89. The van der Waals surface area contributed by atoms with Crippen LogP contribution in [-0.2, 0) is 15.4 Å². The first-order chi connectivity index (χ1) is 12.3. The first-order valence-electron chi connectivity index (χ1n) is 9.19. The van der Waals surface area contributed by atoms with Gasteiger partial charge in [0.2, 0.25) is 10.0 Å². The highest BCUT2D eigenvalue weighted by Gasteiger charge is 2.42. The second-order valence-electron chi connectivity index (χ2n) is 8.13. The molecule has 0 radical (unpaired) electrons. The van der Waals surface area contributed by atoms with Crippen molar-refractivity contribution in [1.29, 1.82) is 0 Å². The van der Waals surface area contributed by atoms with Gasteiger partial charge in [-0.05, 0) is 30.2 Å². The predicted molar refractivity (Wildman–Crippen MR) is 104 cm³/mol. The van der Waals surface area contributed by atoms with Crippen molar-refractivity contribution < 1.29 is 8.42 Å². The number of piperazine rings is 1. The average Bonchev–Trinajstić information content (AvgIpc) is 2.61. The Morgan fingerprint density at radius 1 is 1.00 bits per heavy atom. The van der Waals surface area contributed by atoms with Gasteiger partial charge in [0, 0.05) is 37.6 Å². The van der Waals surface area contributed by atoms with Crippen LogP contribution in [0.5, 0.6) is 0 Å². The van der Waals surface area contributed by atoms with E-state index in [1.807, 2.05) is 19.1 Å². The van der Waals surface area contributed by atoms with Gasteiger partial charge < -0.3 is 0 Å². The Hall–Kier alpha value is -1.69. The molecule has 0 aliphatic carbocycles. The quantitative estimate of drug-likeness (QED) is 0.814. The number of hydrogen-bond donors (Lipinski definition) is 0. The first kappa shape index (κ1) is 17.7. The molecule has 26 heavy (non-hydrogen) atoms. The molecule has 0 saturated carbocycles. The lowest BCUT2D eigenvalue weighted by Crippen LogP contribution is -2.55. The van der Waals surface area contributed by atoms with Crippen molar-refractivity contribution in [3.05, 3.63) is 65.2 Å². The molecule has 0 spiro atoms. The molecule has 0 aromatic heterocycles. The fourth-order valence-corrected chi connectivity index (χ4v) is 5.79. The average molecular weight is 371 g/mol. The maximum absolute atomic E-state index is 13.1. The molecule has 2 heterocycles. The van der Waals surface area contributed by atoms with Gasteiger partial charge in [0.15, 0.2) is 0 Å². The van der Waals surface area contributed by atoms with Crippen molar-refractivity contribution in [2.24, 2.45) is 0 Å². The molecule has 2 aromatic rings. The molecule has 2 aliphatic rings. The predicted octanol–water partition coefficient (Wildman–Crippen LogP) is 3.33. The Bertz CT molecular complexity index is 919. The van der Waals surface area contributed by atoms with Crippen LogP contribution in [0, 0.1) is 6.92 Å². The Labute approximate surface area is 156 Å². The van der Waals surface area contributed by atoms with Gasteiger partial charge in [-0.15, -0.1) is 0 Å². The lowest BCUT2D eigenvalue weighted by atomic mass is 9.75. The van der Waals surface area contributed by atoms with Crippen molar-refractivity contribution in [3.63, 3.8) is 0 Å². The molecule has 5 heteroatoms. The number of fused-ring (bicyclic) bond motifs is 3. The standard InChI is InChI=1S/C21H26N2O2S/c1-16-8-10-17(11-9-16)26(24,25)23-13-12-22-15-21(2,3)19-7-5-4-6-18(19)20(22)14-23/h4-11,20H,12-15H2,1-3H3. The van der Waals surface area contributed by atoms with Crippen LogP contribution in [0.1, 0.15) is 36.6 Å². The van der Waals surface area contributed by atoms with Gasteiger partial charge in [-0.2, -0.15) is 4.31 Å². The van der Waals surface area contributed by atoms with Gasteiger partial charge in [-0.1, -0.05) is 55.8 Å². The van der Waals surface area contributed by atoms with Crippen molar-refractivity contribution in [3.8, 4) is 0 Å². The van der Waals surface area contributed by atoms with Gasteiger partial charge in [0.1, 0.15) is 0 Å². The van der Waals surface area contributed by atoms with Crippen LogP contribution in [0.25, 0.3) is 0 Å². The topological polar surface area (TPSA) is 40.6 Å². The van der Waals surface area contributed by atoms with Gasteiger partial charge in [0.05, 0.1) is 4.90 Å². The van der Waals surface area contributed by atoms with E-state index in [1.165, 1.54) is 11.1 Å². The van der Waals surface area contributed by atoms with Gasteiger partial charge in [-0.25, -0.2) is 8.42 Å². The highest BCUT2D eigenvalue weighted by Crippen LogP contribution is 2.41. The fourth-order valence-electron chi connectivity index (χ4n) is 4.35. The summed E-state index contributed by atoms with van der Waals surface area (Å²) in [5, 5.41) is 0. The van der Waals surface area contributed by atoms with Crippen molar-refractivity contribution >= 4 is 10.0 Å². The molecule has 4 rings (SSSR count).